The Morgan fingerprint density at radius 1 is 1.09 bits per heavy atom. The van der Waals surface area contributed by atoms with Gasteiger partial charge in [-0.15, -0.1) is 0 Å². The van der Waals surface area contributed by atoms with Crippen LogP contribution in [0.5, 0.6) is 0 Å². The van der Waals surface area contributed by atoms with E-state index in [1.54, 1.807) is 0 Å². The molecule has 3 rings (SSSR count). The maximum atomic E-state index is 13.2. The predicted molar refractivity (Wildman–Crippen MR) is 124 cm³/mol. The van der Waals surface area contributed by atoms with Crippen molar-refractivity contribution in [2.75, 3.05) is 13.1 Å². The van der Waals surface area contributed by atoms with Crippen LogP contribution in [0.4, 0.5) is 4.39 Å². The van der Waals surface area contributed by atoms with Gasteiger partial charge in [0, 0.05) is 19.0 Å². The molecule has 0 unspecified atom stereocenters. The summed E-state index contributed by atoms with van der Waals surface area (Å²) in [6.45, 7) is 0.0446. The number of carbonyl (C=O) groups is 4. The first kappa shape index (κ1) is 24.6. The molecule has 0 aliphatic carbocycles. The molecule has 9 heteroatoms. The largest absolute Gasteiger partial charge is 0.368 e. The number of hydrogen-bond acceptors (Lipinski definition) is 4. The van der Waals surface area contributed by atoms with Gasteiger partial charge in [-0.2, -0.15) is 0 Å². The van der Waals surface area contributed by atoms with E-state index in [1.165, 1.54) is 41.3 Å². The van der Waals surface area contributed by atoms with Crippen molar-refractivity contribution in [3.05, 3.63) is 77.6 Å². The highest BCUT2D eigenvalue weighted by Crippen LogP contribution is 2.19. The van der Waals surface area contributed by atoms with Crippen molar-refractivity contribution in [1.82, 2.24) is 15.5 Å². The number of likely N-dealkylation sites (tertiary alicyclic amines) is 1. The van der Waals surface area contributed by atoms with E-state index in [9.17, 15) is 23.6 Å². The van der Waals surface area contributed by atoms with Crippen LogP contribution in [0.25, 0.3) is 6.08 Å². The maximum absolute atomic E-state index is 13.2. The molecule has 0 saturated carbocycles. The van der Waals surface area contributed by atoms with E-state index < -0.39 is 29.8 Å². The van der Waals surface area contributed by atoms with Gasteiger partial charge in [-0.05, 0) is 42.2 Å². The van der Waals surface area contributed by atoms with Crippen LogP contribution in [-0.2, 0) is 25.6 Å². The Bertz CT molecular complexity index is 1060. The lowest BCUT2D eigenvalue weighted by Gasteiger charge is -2.28. The van der Waals surface area contributed by atoms with Gasteiger partial charge in [-0.3, -0.25) is 19.2 Å². The normalized spacial score (nSPS) is 16.3. The molecular formula is C25H27FN4O4. The molecule has 1 saturated heterocycles. The van der Waals surface area contributed by atoms with Gasteiger partial charge in [0.2, 0.25) is 23.6 Å². The summed E-state index contributed by atoms with van der Waals surface area (Å²) in [5.74, 6) is -2.41. The number of primary amides is 1. The third-order valence-corrected chi connectivity index (χ3v) is 5.50. The van der Waals surface area contributed by atoms with Gasteiger partial charge in [0.1, 0.15) is 17.9 Å². The van der Waals surface area contributed by atoms with Crippen LogP contribution in [0.3, 0.4) is 0 Å². The number of halogens is 1. The molecule has 4 amide bonds. The summed E-state index contributed by atoms with van der Waals surface area (Å²) in [4.78, 5) is 51.0. The highest BCUT2D eigenvalue weighted by Gasteiger charge is 2.36. The van der Waals surface area contributed by atoms with E-state index in [0.29, 0.717) is 24.9 Å². The SMILES string of the molecule is NC(=O)[C@@H]1CCCN1C(=O)[C@H](Cc1ccccc1)NC(=O)CNC(=O)/C=C/c1ccc(F)cc1. The van der Waals surface area contributed by atoms with Crippen molar-refractivity contribution in [2.24, 2.45) is 5.73 Å². The lowest BCUT2D eigenvalue weighted by molar-refractivity contribution is -0.140. The van der Waals surface area contributed by atoms with Gasteiger partial charge >= 0.3 is 0 Å². The molecule has 0 aromatic heterocycles. The molecule has 8 nitrogen and oxygen atoms in total. The van der Waals surface area contributed by atoms with Crippen LogP contribution in [-0.4, -0.2) is 53.7 Å². The van der Waals surface area contributed by atoms with Crippen LogP contribution in [0.1, 0.15) is 24.0 Å². The molecule has 2 aromatic carbocycles. The number of amides is 4. The van der Waals surface area contributed by atoms with Crippen LogP contribution in [0.2, 0.25) is 0 Å². The third-order valence-electron chi connectivity index (χ3n) is 5.50. The lowest BCUT2D eigenvalue weighted by Crippen LogP contribution is -2.54. The summed E-state index contributed by atoms with van der Waals surface area (Å²) in [6, 6.07) is 13.2. The summed E-state index contributed by atoms with van der Waals surface area (Å²) in [5, 5.41) is 5.13. The van der Waals surface area contributed by atoms with E-state index in [1.807, 2.05) is 30.3 Å². The average Bonchev–Trinajstić information content (AvgIpc) is 3.32. The maximum Gasteiger partial charge on any atom is 0.246 e. The third kappa shape index (κ3) is 6.99. The van der Waals surface area contributed by atoms with Crippen LogP contribution >= 0.6 is 0 Å². The Labute approximate surface area is 197 Å². The molecular weight excluding hydrogens is 439 g/mol. The number of benzene rings is 2. The fourth-order valence-corrected chi connectivity index (χ4v) is 3.79. The van der Waals surface area contributed by atoms with Crippen molar-refractivity contribution in [1.29, 1.82) is 0 Å². The zero-order valence-corrected chi connectivity index (χ0v) is 18.6. The first-order valence-electron chi connectivity index (χ1n) is 11.0. The van der Waals surface area contributed by atoms with Crippen molar-refractivity contribution >= 4 is 29.7 Å². The molecule has 1 aliphatic heterocycles. The monoisotopic (exact) mass is 466 g/mol. The second kappa shape index (κ2) is 11.7. The number of hydrogen-bond donors (Lipinski definition) is 3. The summed E-state index contributed by atoms with van der Waals surface area (Å²) in [5.41, 5.74) is 6.91. The fourth-order valence-electron chi connectivity index (χ4n) is 3.79. The zero-order valence-electron chi connectivity index (χ0n) is 18.6. The lowest BCUT2D eigenvalue weighted by atomic mass is 10.0. The van der Waals surface area contributed by atoms with Gasteiger partial charge < -0.3 is 21.3 Å². The Morgan fingerprint density at radius 2 is 1.79 bits per heavy atom. The molecule has 1 aliphatic rings. The molecule has 2 aromatic rings. The molecule has 2 atom stereocenters. The minimum atomic E-state index is -0.915. The molecule has 0 spiro atoms. The zero-order chi connectivity index (χ0) is 24.5. The van der Waals surface area contributed by atoms with Gasteiger partial charge in [0.15, 0.2) is 0 Å². The van der Waals surface area contributed by atoms with E-state index in [-0.39, 0.29) is 24.7 Å². The number of carbonyl (C=O) groups excluding carboxylic acids is 4. The summed E-state index contributed by atoms with van der Waals surface area (Å²) >= 11 is 0. The Hall–Kier alpha value is -4.01. The van der Waals surface area contributed by atoms with E-state index in [4.69, 9.17) is 5.73 Å². The molecule has 4 N–H and O–H groups in total. The second-order valence-electron chi connectivity index (χ2n) is 8.00. The fraction of sp³-hybridized carbons (Fsp3) is 0.280. The van der Waals surface area contributed by atoms with Gasteiger partial charge in [-0.25, -0.2) is 4.39 Å². The number of nitrogens with zero attached hydrogens (tertiary/aromatic N) is 1. The molecule has 0 bridgehead atoms. The minimum Gasteiger partial charge on any atom is -0.368 e. The molecule has 0 radical (unpaired) electrons. The van der Waals surface area contributed by atoms with Crippen LogP contribution in [0.15, 0.2) is 60.7 Å². The van der Waals surface area contributed by atoms with Crippen molar-refractivity contribution in [2.45, 2.75) is 31.3 Å². The topological polar surface area (TPSA) is 122 Å². The standard InChI is InChI=1S/C25H27FN4O4/c26-19-11-8-17(9-12-19)10-13-22(31)28-16-23(32)29-20(15-18-5-2-1-3-6-18)25(34)30-14-4-7-21(30)24(27)33/h1-3,5-6,8-13,20-21H,4,7,14-16H2,(H2,27,33)(H,28,31)(H,29,32)/b13-10+/t20-,21-/m0/s1. The highest BCUT2D eigenvalue weighted by atomic mass is 19.1. The predicted octanol–water partition coefficient (Wildman–Crippen LogP) is 1.16. The first-order valence-corrected chi connectivity index (χ1v) is 11.0. The first-order chi connectivity index (χ1) is 16.3. The minimum absolute atomic E-state index is 0.228. The quantitative estimate of drug-likeness (QED) is 0.480. The number of nitrogens with one attached hydrogen (secondary N) is 2. The number of nitrogens with two attached hydrogens (primary N) is 1. The van der Waals surface area contributed by atoms with Gasteiger partial charge in [-0.1, -0.05) is 42.5 Å². The van der Waals surface area contributed by atoms with Gasteiger partial charge in [0.25, 0.3) is 0 Å². The summed E-state index contributed by atoms with van der Waals surface area (Å²) in [7, 11) is 0. The summed E-state index contributed by atoms with van der Waals surface area (Å²) in [6.07, 6.45) is 4.09. The number of rotatable bonds is 9. The van der Waals surface area contributed by atoms with E-state index in [0.717, 1.165) is 5.56 Å². The van der Waals surface area contributed by atoms with Gasteiger partial charge in [0.05, 0.1) is 6.54 Å². The molecule has 1 fully saturated rings. The molecule has 34 heavy (non-hydrogen) atoms. The van der Waals surface area contributed by atoms with Crippen molar-refractivity contribution < 1.29 is 23.6 Å². The molecule has 178 valence electrons. The van der Waals surface area contributed by atoms with Crippen molar-refractivity contribution in [3.63, 3.8) is 0 Å². The second-order valence-corrected chi connectivity index (χ2v) is 8.00. The molecule has 1 heterocycles. The van der Waals surface area contributed by atoms with E-state index >= 15 is 0 Å². The Balaban J connectivity index is 1.61. The Morgan fingerprint density at radius 3 is 2.47 bits per heavy atom. The summed E-state index contributed by atoms with van der Waals surface area (Å²) < 4.78 is 13.0. The van der Waals surface area contributed by atoms with E-state index in [2.05, 4.69) is 10.6 Å². The average molecular weight is 467 g/mol. The van der Waals surface area contributed by atoms with Crippen LogP contribution in [0, 0.1) is 5.82 Å². The Kier molecular flexibility index (Phi) is 8.50. The smallest absolute Gasteiger partial charge is 0.246 e. The highest BCUT2D eigenvalue weighted by molar-refractivity contribution is 5.96. The van der Waals surface area contributed by atoms with Crippen LogP contribution < -0.4 is 16.4 Å². The van der Waals surface area contributed by atoms with Crippen molar-refractivity contribution in [3.8, 4) is 0 Å².